The highest BCUT2D eigenvalue weighted by molar-refractivity contribution is 7.89. The maximum Gasteiger partial charge on any atom is 0.243 e. The van der Waals surface area contributed by atoms with Crippen molar-refractivity contribution in [2.45, 2.75) is 56.2 Å². The van der Waals surface area contributed by atoms with E-state index in [-0.39, 0.29) is 10.9 Å². The maximum atomic E-state index is 13.3. The Hall–Kier alpha value is -2.31. The highest BCUT2D eigenvalue weighted by atomic mass is 32.2. The van der Waals surface area contributed by atoms with Crippen molar-refractivity contribution in [3.8, 4) is 0 Å². The molecule has 0 spiro atoms. The third-order valence-electron chi connectivity index (χ3n) is 6.25. The smallest absolute Gasteiger partial charge is 0.243 e. The van der Waals surface area contributed by atoms with Crippen molar-refractivity contribution in [2.75, 3.05) is 36.4 Å². The minimum absolute atomic E-state index is 0.0539. The van der Waals surface area contributed by atoms with Crippen LogP contribution in [0.25, 0.3) is 0 Å². The lowest BCUT2D eigenvalue weighted by molar-refractivity contribution is 0.186. The Kier molecular flexibility index (Phi) is 7.15. The van der Waals surface area contributed by atoms with Crippen molar-refractivity contribution in [1.29, 1.82) is 0 Å². The largest absolute Gasteiger partial charge is 0.374 e. The van der Waals surface area contributed by atoms with Crippen LogP contribution in [0, 0.1) is 6.92 Å². The summed E-state index contributed by atoms with van der Waals surface area (Å²) >= 11 is 0. The minimum atomic E-state index is -3.60. The molecule has 0 aliphatic carbocycles. The number of aromatic nitrogens is 2. The van der Waals surface area contributed by atoms with E-state index >= 15 is 0 Å². The van der Waals surface area contributed by atoms with Gasteiger partial charge in [-0.1, -0.05) is 12.5 Å². The van der Waals surface area contributed by atoms with Crippen LogP contribution in [-0.4, -0.2) is 60.0 Å². The zero-order valence-electron chi connectivity index (χ0n) is 18.9. The molecule has 4 rings (SSSR count). The molecule has 0 saturated carbocycles. The molecule has 10 nitrogen and oxygen atoms in total. The fourth-order valence-electron chi connectivity index (χ4n) is 4.38. The zero-order chi connectivity index (χ0) is 23.6. The van der Waals surface area contributed by atoms with Gasteiger partial charge in [0.15, 0.2) is 0 Å². The van der Waals surface area contributed by atoms with Gasteiger partial charge in [0.25, 0.3) is 0 Å². The Morgan fingerprint density at radius 1 is 1.18 bits per heavy atom. The number of hydrogen-bond acceptors (Lipinski definition) is 9. The molecule has 2 aromatic rings. The van der Waals surface area contributed by atoms with E-state index in [0.29, 0.717) is 48.2 Å². The number of benzene rings is 1. The van der Waals surface area contributed by atoms with Gasteiger partial charge < -0.3 is 26.8 Å². The van der Waals surface area contributed by atoms with Gasteiger partial charge in [-0.3, -0.25) is 0 Å². The van der Waals surface area contributed by atoms with Crippen molar-refractivity contribution in [3.63, 3.8) is 0 Å². The summed E-state index contributed by atoms with van der Waals surface area (Å²) in [5, 5.41) is 13.2. The molecule has 180 valence electrons. The Balaban J connectivity index is 1.65. The number of piperidine rings is 2. The summed E-state index contributed by atoms with van der Waals surface area (Å²) in [7, 11) is -3.60. The van der Waals surface area contributed by atoms with Crippen LogP contribution in [0.1, 0.15) is 49.5 Å². The van der Waals surface area contributed by atoms with Crippen molar-refractivity contribution in [1.82, 2.24) is 14.3 Å². The van der Waals surface area contributed by atoms with E-state index in [4.69, 9.17) is 11.5 Å². The lowest BCUT2D eigenvalue weighted by atomic mass is 10.1. The molecule has 2 atom stereocenters. The van der Waals surface area contributed by atoms with E-state index in [1.165, 1.54) is 6.20 Å². The summed E-state index contributed by atoms with van der Waals surface area (Å²) < 4.78 is 28.1. The fraction of sp³-hybridized carbons (Fsp3) is 0.545. The lowest BCUT2D eigenvalue weighted by Crippen LogP contribution is -2.43. The number of aliphatic hydroxyl groups is 1. The first-order chi connectivity index (χ1) is 15.8. The predicted octanol–water partition coefficient (Wildman–Crippen LogP) is 1.58. The van der Waals surface area contributed by atoms with Gasteiger partial charge in [0.2, 0.25) is 16.0 Å². The third-order valence-corrected chi connectivity index (χ3v) is 8.29. The number of aliphatic hydroxyl groups excluding tert-OH is 1. The monoisotopic (exact) mass is 475 g/mol. The number of aryl methyl sites for hydroxylation is 1. The number of nitrogens with one attached hydrogen (secondary N) is 1. The summed E-state index contributed by atoms with van der Waals surface area (Å²) in [5.41, 5.74) is 13.4. The first-order valence-corrected chi connectivity index (χ1v) is 12.9. The van der Waals surface area contributed by atoms with Gasteiger partial charge in [0.05, 0.1) is 10.5 Å². The van der Waals surface area contributed by atoms with Gasteiger partial charge in [0.1, 0.15) is 12.0 Å². The molecule has 6 N–H and O–H groups in total. The zero-order valence-corrected chi connectivity index (χ0v) is 19.8. The fourth-order valence-corrected chi connectivity index (χ4v) is 6.15. The van der Waals surface area contributed by atoms with Crippen LogP contribution in [0.4, 0.5) is 17.5 Å². The molecule has 0 bridgehead atoms. The number of nitrogens with two attached hydrogens (primary N) is 2. The van der Waals surface area contributed by atoms with E-state index in [1.807, 2.05) is 4.90 Å². The van der Waals surface area contributed by atoms with Crippen molar-refractivity contribution in [3.05, 3.63) is 35.5 Å². The van der Waals surface area contributed by atoms with Crippen LogP contribution < -0.4 is 21.7 Å². The molecule has 2 fully saturated rings. The van der Waals surface area contributed by atoms with E-state index in [9.17, 15) is 13.5 Å². The lowest BCUT2D eigenvalue weighted by Gasteiger charge is -2.31. The van der Waals surface area contributed by atoms with Crippen molar-refractivity contribution in [2.24, 2.45) is 11.5 Å². The molecule has 0 radical (unpaired) electrons. The average molecular weight is 476 g/mol. The molecule has 1 unspecified atom stereocenters. The molecule has 1 aromatic heterocycles. The molecule has 11 heteroatoms. The van der Waals surface area contributed by atoms with Gasteiger partial charge in [0, 0.05) is 44.1 Å². The molecule has 1 aromatic carbocycles. The highest BCUT2D eigenvalue weighted by Crippen LogP contribution is 2.29. The second-order valence-electron chi connectivity index (χ2n) is 8.84. The van der Waals surface area contributed by atoms with Gasteiger partial charge in [-0.25, -0.2) is 13.4 Å². The Bertz CT molecular complexity index is 1090. The van der Waals surface area contributed by atoms with E-state index < -0.39 is 16.3 Å². The van der Waals surface area contributed by atoms with Crippen LogP contribution in [0.3, 0.4) is 0 Å². The first kappa shape index (κ1) is 23.8. The Morgan fingerprint density at radius 2 is 1.94 bits per heavy atom. The Morgan fingerprint density at radius 3 is 2.64 bits per heavy atom. The number of hydrogen-bond donors (Lipinski definition) is 4. The van der Waals surface area contributed by atoms with Crippen LogP contribution in [-0.2, 0) is 10.0 Å². The van der Waals surface area contributed by atoms with Crippen LogP contribution in [0.2, 0.25) is 0 Å². The maximum absolute atomic E-state index is 13.3. The topological polar surface area (TPSA) is 151 Å². The van der Waals surface area contributed by atoms with Crippen molar-refractivity contribution < 1.29 is 13.5 Å². The molecular formula is C22H33N7O3S. The van der Waals surface area contributed by atoms with E-state index in [0.717, 1.165) is 38.6 Å². The van der Waals surface area contributed by atoms with Gasteiger partial charge in [-0.2, -0.15) is 9.29 Å². The standard InChI is InChI=1S/C22H33N7O3S/c1-15-7-8-17(12-19(15)33(31,32)29-10-3-2-4-11-29)26-21-18(20(24)30)13-25-22(27-21)28-9-5-6-16(23)14-28/h7-8,12-13,16,20,30H,2-6,9-11,14,23-24H2,1H3,(H,25,26,27)/t16-,20?/m0/s1. The quantitative estimate of drug-likeness (QED) is 0.456. The average Bonchev–Trinajstić information content (AvgIpc) is 2.80. The molecule has 0 amide bonds. The SMILES string of the molecule is Cc1ccc(Nc2nc(N3CCC[C@H](N)C3)ncc2C(N)O)cc1S(=O)(=O)N1CCCCC1. The van der Waals surface area contributed by atoms with E-state index in [2.05, 4.69) is 15.3 Å². The van der Waals surface area contributed by atoms with Gasteiger partial charge >= 0.3 is 0 Å². The normalized spacial score (nSPS) is 21.1. The number of sulfonamides is 1. The summed E-state index contributed by atoms with van der Waals surface area (Å²) in [6.45, 7) is 4.30. The predicted molar refractivity (Wildman–Crippen MR) is 128 cm³/mol. The summed E-state index contributed by atoms with van der Waals surface area (Å²) in [6.07, 6.45) is 4.91. The molecule has 33 heavy (non-hydrogen) atoms. The van der Waals surface area contributed by atoms with Gasteiger partial charge in [-0.15, -0.1) is 0 Å². The van der Waals surface area contributed by atoms with E-state index in [1.54, 1.807) is 29.4 Å². The second-order valence-corrected chi connectivity index (χ2v) is 10.7. The van der Waals surface area contributed by atoms with Crippen LogP contribution in [0.5, 0.6) is 0 Å². The number of rotatable bonds is 6. The minimum Gasteiger partial charge on any atom is -0.374 e. The molecule has 3 heterocycles. The molecule has 2 saturated heterocycles. The van der Waals surface area contributed by atoms with Crippen LogP contribution in [0.15, 0.2) is 29.3 Å². The van der Waals surface area contributed by atoms with Crippen molar-refractivity contribution >= 4 is 27.5 Å². The number of nitrogens with zero attached hydrogens (tertiary/aromatic N) is 4. The highest BCUT2D eigenvalue weighted by Gasteiger charge is 2.28. The first-order valence-electron chi connectivity index (χ1n) is 11.4. The summed E-state index contributed by atoms with van der Waals surface area (Å²) in [5.74, 6) is 0.824. The third kappa shape index (κ3) is 5.28. The van der Waals surface area contributed by atoms with Gasteiger partial charge in [-0.05, 0) is 50.3 Å². The van der Waals surface area contributed by atoms with Crippen LogP contribution >= 0.6 is 0 Å². The Labute approximate surface area is 195 Å². The number of anilines is 3. The molecular weight excluding hydrogens is 442 g/mol. The molecule has 2 aliphatic rings. The molecule has 2 aliphatic heterocycles. The summed E-state index contributed by atoms with van der Waals surface area (Å²) in [6, 6.07) is 5.22. The summed E-state index contributed by atoms with van der Waals surface area (Å²) in [4.78, 5) is 11.2. The second kappa shape index (κ2) is 9.90.